The Bertz CT molecular complexity index is 605. The predicted octanol–water partition coefficient (Wildman–Crippen LogP) is -2.40. The molecular weight excluding hydrogens is 382 g/mol. The van der Waals surface area contributed by atoms with Crippen molar-refractivity contribution in [2.45, 2.75) is 58.2 Å². The summed E-state index contributed by atoms with van der Waals surface area (Å²) in [6.07, 6.45) is 1.17. The first-order chi connectivity index (χ1) is 13.5. The van der Waals surface area contributed by atoms with Crippen LogP contribution in [0.2, 0.25) is 0 Å². The van der Waals surface area contributed by atoms with E-state index in [0.717, 1.165) is 0 Å². The fourth-order valence-electron chi connectivity index (χ4n) is 2.30. The lowest BCUT2D eigenvalue weighted by atomic mass is 9.97. The van der Waals surface area contributed by atoms with E-state index in [9.17, 15) is 19.2 Å². The summed E-state index contributed by atoms with van der Waals surface area (Å²) in [6.45, 7) is 4.75. The molecule has 4 unspecified atom stereocenters. The Morgan fingerprint density at radius 3 is 2.14 bits per heavy atom. The van der Waals surface area contributed by atoms with Crippen molar-refractivity contribution in [1.29, 1.82) is 0 Å². The van der Waals surface area contributed by atoms with Gasteiger partial charge in [-0.15, -0.1) is 0 Å². The van der Waals surface area contributed by atoms with E-state index in [0.29, 0.717) is 12.8 Å². The summed E-state index contributed by atoms with van der Waals surface area (Å²) in [4.78, 5) is 51.6. The maximum Gasteiger partial charge on any atom is 0.322 e. The van der Waals surface area contributed by atoms with Crippen LogP contribution in [-0.4, -0.2) is 66.0 Å². The van der Waals surface area contributed by atoms with Crippen molar-refractivity contribution in [3.63, 3.8) is 0 Å². The van der Waals surface area contributed by atoms with Crippen LogP contribution in [0, 0.1) is 5.92 Å². The second-order valence-corrected chi connectivity index (χ2v) is 6.78. The molecule has 0 saturated heterocycles. The number of guanidine groups is 1. The van der Waals surface area contributed by atoms with E-state index in [-0.39, 0.29) is 24.8 Å². The van der Waals surface area contributed by atoms with E-state index in [1.807, 2.05) is 6.92 Å². The highest BCUT2D eigenvalue weighted by molar-refractivity contribution is 5.93. The molecule has 0 spiro atoms. The Morgan fingerprint density at radius 1 is 1.03 bits per heavy atom. The van der Waals surface area contributed by atoms with Gasteiger partial charge in [-0.2, -0.15) is 0 Å². The summed E-state index contributed by atoms with van der Waals surface area (Å²) < 4.78 is 0. The molecule has 0 fully saturated rings. The lowest BCUT2D eigenvalue weighted by Gasteiger charge is -2.26. The second kappa shape index (κ2) is 13.3. The molecule has 12 heteroatoms. The number of amides is 3. The Balaban J connectivity index is 5.25. The lowest BCUT2D eigenvalue weighted by molar-refractivity contribution is -0.139. The van der Waals surface area contributed by atoms with E-state index in [4.69, 9.17) is 22.3 Å². The molecule has 0 bridgehead atoms. The zero-order chi connectivity index (χ0) is 22.6. The SMILES string of the molecule is CCC(C)C(NC(=O)C(CCCN=C(N)N)NC(=O)C(C)N)C(=O)NCC(=O)O. The van der Waals surface area contributed by atoms with E-state index in [1.165, 1.54) is 6.92 Å². The number of aliphatic carboxylic acids is 1. The van der Waals surface area contributed by atoms with Crippen LogP contribution in [0.15, 0.2) is 4.99 Å². The van der Waals surface area contributed by atoms with E-state index in [2.05, 4.69) is 20.9 Å². The van der Waals surface area contributed by atoms with E-state index < -0.39 is 48.4 Å². The van der Waals surface area contributed by atoms with Gasteiger partial charge < -0.3 is 38.3 Å². The quantitative estimate of drug-likeness (QED) is 0.0975. The number of carbonyl (C=O) groups is 4. The predicted molar refractivity (Wildman–Crippen MR) is 108 cm³/mol. The molecule has 166 valence electrons. The molecule has 0 saturated carbocycles. The minimum absolute atomic E-state index is 0.0856. The monoisotopic (exact) mass is 415 g/mol. The average Bonchev–Trinajstić information content (AvgIpc) is 2.65. The van der Waals surface area contributed by atoms with Crippen LogP contribution in [0.4, 0.5) is 0 Å². The Morgan fingerprint density at radius 2 is 1.66 bits per heavy atom. The van der Waals surface area contributed by atoms with Crippen molar-refractivity contribution in [2.24, 2.45) is 28.1 Å². The fraction of sp³-hybridized carbons (Fsp3) is 0.706. The lowest BCUT2D eigenvalue weighted by Crippen LogP contribution is -2.57. The highest BCUT2D eigenvalue weighted by Crippen LogP contribution is 2.09. The Kier molecular flexibility index (Phi) is 12.0. The molecule has 0 heterocycles. The first-order valence-electron chi connectivity index (χ1n) is 9.40. The molecule has 0 aliphatic carbocycles. The zero-order valence-corrected chi connectivity index (χ0v) is 17.1. The zero-order valence-electron chi connectivity index (χ0n) is 17.1. The van der Waals surface area contributed by atoms with Crippen molar-refractivity contribution in [2.75, 3.05) is 13.1 Å². The van der Waals surface area contributed by atoms with Gasteiger partial charge in [0.25, 0.3) is 0 Å². The second-order valence-electron chi connectivity index (χ2n) is 6.78. The minimum atomic E-state index is -1.20. The highest BCUT2D eigenvalue weighted by atomic mass is 16.4. The van der Waals surface area contributed by atoms with Gasteiger partial charge in [0.1, 0.15) is 18.6 Å². The number of hydrogen-bond donors (Lipinski definition) is 7. The molecule has 0 aliphatic rings. The molecule has 12 nitrogen and oxygen atoms in total. The van der Waals surface area contributed by atoms with Crippen LogP contribution in [0.5, 0.6) is 0 Å². The molecule has 4 atom stereocenters. The van der Waals surface area contributed by atoms with Crippen molar-refractivity contribution in [1.82, 2.24) is 16.0 Å². The molecule has 0 rings (SSSR count). The van der Waals surface area contributed by atoms with Crippen molar-refractivity contribution in [3.05, 3.63) is 0 Å². The number of rotatable bonds is 13. The van der Waals surface area contributed by atoms with Gasteiger partial charge in [-0.3, -0.25) is 24.2 Å². The number of hydrogen-bond acceptors (Lipinski definition) is 6. The first kappa shape index (κ1) is 26.1. The Labute approximate surface area is 170 Å². The summed E-state index contributed by atoms with van der Waals surface area (Å²) in [5, 5.41) is 16.1. The van der Waals surface area contributed by atoms with Crippen LogP contribution in [0.3, 0.4) is 0 Å². The summed E-state index contributed by atoms with van der Waals surface area (Å²) >= 11 is 0. The number of nitrogens with zero attached hydrogens (tertiary/aromatic N) is 1. The molecule has 0 aliphatic heterocycles. The molecule has 0 aromatic heterocycles. The van der Waals surface area contributed by atoms with Crippen molar-refractivity contribution < 1.29 is 24.3 Å². The van der Waals surface area contributed by atoms with Crippen molar-refractivity contribution >= 4 is 29.7 Å². The largest absolute Gasteiger partial charge is 0.480 e. The molecular formula is C17H33N7O5. The number of carboxylic acid groups (broad SMARTS) is 1. The van der Waals surface area contributed by atoms with Gasteiger partial charge in [-0.1, -0.05) is 20.3 Å². The standard InChI is InChI=1S/C17H33N7O5/c1-4-9(2)13(16(29)22-8-12(25)26)24-15(28)11(23-14(27)10(3)18)6-5-7-21-17(19)20/h9-11,13H,4-8,18H2,1-3H3,(H,22,29)(H,23,27)(H,24,28)(H,25,26)(H4,19,20,21). The fourth-order valence-corrected chi connectivity index (χ4v) is 2.30. The molecule has 3 amide bonds. The first-order valence-corrected chi connectivity index (χ1v) is 9.40. The molecule has 10 N–H and O–H groups in total. The molecule has 0 aromatic carbocycles. The summed E-state index contributed by atoms with van der Waals surface area (Å²) in [5.74, 6) is -3.28. The number of nitrogens with two attached hydrogens (primary N) is 3. The van der Waals surface area contributed by atoms with Crippen LogP contribution in [-0.2, 0) is 19.2 Å². The number of carboxylic acids is 1. The topological polar surface area (TPSA) is 215 Å². The normalized spacial score (nSPS) is 14.6. The van der Waals surface area contributed by atoms with Crippen LogP contribution < -0.4 is 33.2 Å². The van der Waals surface area contributed by atoms with Gasteiger partial charge in [0.2, 0.25) is 17.7 Å². The van der Waals surface area contributed by atoms with Crippen molar-refractivity contribution in [3.8, 4) is 0 Å². The molecule has 0 radical (unpaired) electrons. The van der Waals surface area contributed by atoms with Gasteiger partial charge >= 0.3 is 5.97 Å². The number of carbonyl (C=O) groups excluding carboxylic acids is 3. The third-order valence-corrected chi connectivity index (χ3v) is 4.20. The molecule has 0 aromatic rings. The van der Waals surface area contributed by atoms with Gasteiger partial charge in [0, 0.05) is 6.54 Å². The maximum atomic E-state index is 12.8. The van der Waals surface area contributed by atoms with Crippen LogP contribution >= 0.6 is 0 Å². The number of aliphatic imine (C=N–C) groups is 1. The highest BCUT2D eigenvalue weighted by Gasteiger charge is 2.30. The summed E-state index contributed by atoms with van der Waals surface area (Å²) in [6, 6.07) is -2.74. The maximum absolute atomic E-state index is 12.8. The Hall–Kier alpha value is -2.89. The minimum Gasteiger partial charge on any atom is -0.480 e. The van der Waals surface area contributed by atoms with Crippen LogP contribution in [0.1, 0.15) is 40.0 Å². The van der Waals surface area contributed by atoms with E-state index >= 15 is 0 Å². The van der Waals surface area contributed by atoms with Gasteiger partial charge in [0.15, 0.2) is 5.96 Å². The third-order valence-electron chi connectivity index (χ3n) is 4.20. The summed E-state index contributed by atoms with van der Waals surface area (Å²) in [5.41, 5.74) is 16.1. The van der Waals surface area contributed by atoms with E-state index in [1.54, 1.807) is 6.92 Å². The third kappa shape index (κ3) is 10.9. The summed E-state index contributed by atoms with van der Waals surface area (Å²) in [7, 11) is 0. The average molecular weight is 415 g/mol. The molecule has 29 heavy (non-hydrogen) atoms. The van der Waals surface area contributed by atoms with Crippen LogP contribution in [0.25, 0.3) is 0 Å². The van der Waals surface area contributed by atoms with Gasteiger partial charge in [-0.05, 0) is 25.7 Å². The number of nitrogens with one attached hydrogen (secondary N) is 3. The van der Waals surface area contributed by atoms with Gasteiger partial charge in [0.05, 0.1) is 6.04 Å². The smallest absolute Gasteiger partial charge is 0.322 e. The van der Waals surface area contributed by atoms with Gasteiger partial charge in [-0.25, -0.2) is 0 Å².